The molecule has 2 aromatic heterocycles. The number of furan rings is 1. The first-order valence-corrected chi connectivity index (χ1v) is 23.3. The minimum atomic E-state index is -0.425. The highest BCUT2D eigenvalue weighted by Gasteiger charge is 2.49. The zero-order valence-electron chi connectivity index (χ0n) is 37.3. The van der Waals surface area contributed by atoms with Crippen molar-refractivity contribution in [3.05, 3.63) is 289 Å². The van der Waals surface area contributed by atoms with Crippen LogP contribution in [-0.4, -0.2) is 4.57 Å². The molecular weight excluding hydrogens is 825 g/mol. The monoisotopic (exact) mass is 868 g/mol. The second-order valence-electron chi connectivity index (χ2n) is 17.6. The van der Waals surface area contributed by atoms with Crippen LogP contribution in [0.5, 0.6) is 0 Å². The molecule has 0 fully saturated rings. The summed E-state index contributed by atoms with van der Waals surface area (Å²) < 4.78 is 9.19. The van der Waals surface area contributed by atoms with E-state index in [9.17, 15) is 0 Å². The summed E-state index contributed by atoms with van der Waals surface area (Å²) in [5.41, 5.74) is 16.6. The van der Waals surface area contributed by atoms with Crippen LogP contribution in [0.3, 0.4) is 0 Å². The van der Waals surface area contributed by atoms with E-state index in [1.165, 1.54) is 55.1 Å². The standard InChI is InChI=1S/C65H44N2O/c1-2-3-26-49(41-47-24-20-31-54-55-42-44-21-4-5-22-45(44)43-63(55)68-64(47)54)66(61-37-16-17-38-62(61)67-59-35-14-9-29-52(59)53-30-10-15-36-60(53)67)39-19-18-25-48-40-46-23-6-11-32-56(46)65(48)57-33-12-7-27-50(57)51-28-8-13-34-58(51)65/h2-43H,1H2/b25-18-,26-3-,39-19+,49-41-. The van der Waals surface area contributed by atoms with Crippen molar-refractivity contribution in [2.24, 2.45) is 0 Å². The zero-order valence-corrected chi connectivity index (χ0v) is 37.3. The predicted molar refractivity (Wildman–Crippen MR) is 286 cm³/mol. The van der Waals surface area contributed by atoms with Gasteiger partial charge < -0.3 is 13.9 Å². The van der Waals surface area contributed by atoms with E-state index in [0.29, 0.717) is 0 Å². The lowest BCUT2D eigenvalue weighted by Gasteiger charge is -2.31. The van der Waals surface area contributed by atoms with E-state index >= 15 is 0 Å². The van der Waals surface area contributed by atoms with Gasteiger partial charge in [0.1, 0.15) is 11.2 Å². The molecule has 3 nitrogen and oxygen atoms in total. The molecule has 9 aromatic carbocycles. The van der Waals surface area contributed by atoms with Gasteiger partial charge >= 0.3 is 0 Å². The van der Waals surface area contributed by atoms with Gasteiger partial charge in [-0.25, -0.2) is 0 Å². The fraction of sp³-hybridized carbons (Fsp3) is 0.0154. The van der Waals surface area contributed by atoms with Crippen LogP contribution >= 0.6 is 0 Å². The van der Waals surface area contributed by atoms with Gasteiger partial charge in [0.25, 0.3) is 0 Å². The Kier molecular flexibility index (Phi) is 9.23. The molecule has 0 radical (unpaired) electrons. The lowest BCUT2D eigenvalue weighted by molar-refractivity contribution is 0.668. The molecule has 2 heterocycles. The molecule has 11 aromatic rings. The van der Waals surface area contributed by atoms with Gasteiger partial charge in [-0.1, -0.05) is 195 Å². The van der Waals surface area contributed by atoms with Crippen LogP contribution in [0.25, 0.3) is 83.5 Å². The Morgan fingerprint density at radius 3 is 1.91 bits per heavy atom. The molecule has 68 heavy (non-hydrogen) atoms. The highest BCUT2D eigenvalue weighted by atomic mass is 16.3. The number of rotatable bonds is 9. The van der Waals surface area contributed by atoms with Crippen molar-refractivity contribution in [1.29, 1.82) is 0 Å². The molecule has 0 amide bonds. The van der Waals surface area contributed by atoms with Gasteiger partial charge in [0.2, 0.25) is 0 Å². The Balaban J connectivity index is 1.00. The Labute approximate surface area is 395 Å². The van der Waals surface area contributed by atoms with Gasteiger partial charge in [-0.15, -0.1) is 0 Å². The second kappa shape index (κ2) is 15.9. The predicted octanol–water partition coefficient (Wildman–Crippen LogP) is 16.9. The Hall–Kier alpha value is -8.92. The molecule has 3 heteroatoms. The average molecular weight is 869 g/mol. The summed E-state index contributed by atoms with van der Waals surface area (Å²) in [5.74, 6) is 0. The molecule has 0 saturated heterocycles. The first kappa shape index (κ1) is 39.4. The lowest BCUT2D eigenvalue weighted by atomic mass is 9.69. The van der Waals surface area contributed by atoms with E-state index in [1.54, 1.807) is 0 Å². The minimum Gasteiger partial charge on any atom is -0.455 e. The van der Waals surface area contributed by atoms with Gasteiger partial charge in [-0.2, -0.15) is 0 Å². The zero-order chi connectivity index (χ0) is 45.2. The molecule has 13 rings (SSSR count). The molecule has 2 aliphatic carbocycles. The number of aromatic nitrogens is 1. The number of anilines is 1. The van der Waals surface area contributed by atoms with Crippen LogP contribution in [0.1, 0.15) is 27.8 Å². The van der Waals surface area contributed by atoms with Crippen LogP contribution in [0, 0.1) is 0 Å². The SMILES string of the molecule is C=C/C=C\C(=C\c1cccc2c1oc1cc3ccccc3cc12)N(/C=C/C=C\C1=Cc2ccccc2C12c1ccccc1-c1ccccc12)c1ccccc1-n1c2ccccc2c2ccccc21. The van der Waals surface area contributed by atoms with E-state index in [1.807, 2.05) is 12.2 Å². The van der Waals surface area contributed by atoms with E-state index in [2.05, 4.69) is 259 Å². The molecule has 0 bridgehead atoms. The molecular formula is C65H44N2O. The number of fused-ring (bicyclic) bond motifs is 14. The number of hydrogen-bond acceptors (Lipinski definition) is 2. The highest BCUT2D eigenvalue weighted by Crippen LogP contribution is 2.60. The van der Waals surface area contributed by atoms with Crippen molar-refractivity contribution >= 4 is 72.4 Å². The molecule has 2 aliphatic rings. The van der Waals surface area contributed by atoms with Gasteiger partial charge in [-0.3, -0.25) is 0 Å². The third-order valence-electron chi connectivity index (χ3n) is 14.0. The van der Waals surface area contributed by atoms with E-state index in [0.717, 1.165) is 61.0 Å². The topological polar surface area (TPSA) is 21.3 Å². The third kappa shape index (κ3) is 5.99. The largest absolute Gasteiger partial charge is 0.455 e. The highest BCUT2D eigenvalue weighted by molar-refractivity contribution is 6.12. The second-order valence-corrected chi connectivity index (χ2v) is 17.6. The van der Waals surface area contributed by atoms with Crippen LogP contribution in [0.2, 0.25) is 0 Å². The molecule has 1 spiro atoms. The van der Waals surface area contributed by atoms with E-state index < -0.39 is 5.41 Å². The van der Waals surface area contributed by atoms with Crippen LogP contribution in [0.15, 0.2) is 265 Å². The summed E-state index contributed by atoms with van der Waals surface area (Å²) >= 11 is 0. The Bertz CT molecular complexity index is 3920. The van der Waals surface area contributed by atoms with Crippen LogP contribution < -0.4 is 4.90 Å². The molecule has 0 unspecified atom stereocenters. The fourth-order valence-corrected chi connectivity index (χ4v) is 11.2. The van der Waals surface area contributed by atoms with Crippen molar-refractivity contribution in [2.75, 3.05) is 4.90 Å². The number of hydrogen-bond donors (Lipinski definition) is 0. The summed E-state index contributed by atoms with van der Waals surface area (Å²) in [7, 11) is 0. The smallest absolute Gasteiger partial charge is 0.142 e. The number of allylic oxidation sites excluding steroid dienone is 7. The Morgan fingerprint density at radius 1 is 0.544 bits per heavy atom. The normalized spacial score (nSPS) is 14.1. The summed E-state index contributed by atoms with van der Waals surface area (Å²) in [5, 5.41) is 6.95. The van der Waals surface area contributed by atoms with Gasteiger partial charge in [0.05, 0.1) is 27.8 Å². The first-order valence-electron chi connectivity index (χ1n) is 23.3. The quantitative estimate of drug-likeness (QED) is 0.135. The molecule has 0 aliphatic heterocycles. The number of para-hydroxylation sites is 5. The van der Waals surface area contributed by atoms with Crippen molar-refractivity contribution in [2.45, 2.75) is 5.41 Å². The maximum atomic E-state index is 6.79. The maximum absolute atomic E-state index is 6.79. The van der Waals surface area contributed by atoms with Crippen molar-refractivity contribution in [1.82, 2.24) is 4.57 Å². The molecule has 0 saturated carbocycles. The molecule has 320 valence electrons. The summed E-state index contributed by atoms with van der Waals surface area (Å²) in [4.78, 5) is 2.30. The van der Waals surface area contributed by atoms with Gasteiger partial charge in [0.15, 0.2) is 0 Å². The minimum absolute atomic E-state index is 0.425. The lowest BCUT2D eigenvalue weighted by Crippen LogP contribution is -2.26. The van der Waals surface area contributed by atoms with Crippen molar-refractivity contribution in [3.63, 3.8) is 0 Å². The van der Waals surface area contributed by atoms with Crippen molar-refractivity contribution in [3.8, 4) is 16.8 Å². The fourth-order valence-electron chi connectivity index (χ4n) is 11.2. The van der Waals surface area contributed by atoms with Gasteiger partial charge in [-0.05, 0) is 110 Å². The van der Waals surface area contributed by atoms with Gasteiger partial charge in [0, 0.05) is 39.0 Å². The average Bonchev–Trinajstić information content (AvgIpc) is 4.12. The molecule has 0 atom stereocenters. The summed E-state index contributed by atoms with van der Waals surface area (Å²) in [6.07, 6.45) is 19.5. The number of nitrogens with zero attached hydrogens (tertiary/aromatic N) is 2. The van der Waals surface area contributed by atoms with Crippen molar-refractivity contribution < 1.29 is 4.42 Å². The maximum Gasteiger partial charge on any atom is 0.142 e. The third-order valence-corrected chi connectivity index (χ3v) is 14.0. The molecule has 0 N–H and O–H groups in total. The van der Waals surface area contributed by atoms with E-state index in [4.69, 9.17) is 4.42 Å². The first-order chi connectivity index (χ1) is 33.7. The van der Waals surface area contributed by atoms with Crippen LogP contribution in [0.4, 0.5) is 5.69 Å². The summed E-state index contributed by atoms with van der Waals surface area (Å²) in [6, 6.07) is 72.1. The van der Waals surface area contributed by atoms with Crippen LogP contribution in [-0.2, 0) is 5.41 Å². The summed E-state index contributed by atoms with van der Waals surface area (Å²) in [6.45, 7) is 4.12. The number of benzene rings is 9. The van der Waals surface area contributed by atoms with E-state index in [-0.39, 0.29) is 0 Å². The Morgan fingerprint density at radius 2 is 1.16 bits per heavy atom.